The normalized spacial score (nSPS) is 12.6. The Labute approximate surface area is 112 Å². The minimum Gasteiger partial charge on any atom is -0.270 e. The Kier molecular flexibility index (Phi) is 4.88. The fraction of sp³-hybridized carbons (Fsp3) is 0.400. The monoisotopic (exact) mass is 310 g/mol. The van der Waals surface area contributed by atoms with Gasteiger partial charge in [-0.25, -0.2) is 0 Å². The molecule has 0 amide bonds. The van der Waals surface area contributed by atoms with E-state index in [1.54, 1.807) is 0 Å². The molecule has 0 saturated heterocycles. The van der Waals surface area contributed by atoms with Crippen LogP contribution in [-0.4, -0.2) is 23.4 Å². The molecule has 108 valence electrons. The molecule has 6 nitrogen and oxygen atoms in total. The van der Waals surface area contributed by atoms with E-state index in [1.807, 2.05) is 18.6 Å². The Bertz CT molecular complexity index is 641. The van der Waals surface area contributed by atoms with Crippen LogP contribution in [0.3, 0.4) is 0 Å². The summed E-state index contributed by atoms with van der Waals surface area (Å²) in [6.07, 6.45) is 0. The summed E-state index contributed by atoms with van der Waals surface area (Å²) >= 11 is 0. The molecular weight excluding hydrogens is 295 g/mol. The van der Waals surface area contributed by atoms with E-state index >= 15 is 0 Å². The first-order valence-corrected chi connectivity index (χ1v) is 8.29. The summed E-state index contributed by atoms with van der Waals surface area (Å²) in [6.45, 7) is 3.80. The van der Waals surface area contributed by atoms with Gasteiger partial charge in [0.05, 0.1) is 5.69 Å². The van der Waals surface area contributed by atoms with Gasteiger partial charge >= 0.3 is 10.2 Å². The third kappa shape index (κ3) is 5.13. The van der Waals surface area contributed by atoms with Crippen LogP contribution in [0.15, 0.2) is 29.2 Å². The fourth-order valence-electron chi connectivity index (χ4n) is 1.22. The smallest absolute Gasteiger partial charge is 0.270 e. The van der Waals surface area contributed by atoms with Gasteiger partial charge in [0.25, 0.3) is 10.2 Å². The van der Waals surface area contributed by atoms with Crippen molar-refractivity contribution in [3.05, 3.63) is 24.3 Å². The van der Waals surface area contributed by atoms with E-state index in [0.29, 0.717) is 0 Å². The molecule has 0 saturated carbocycles. The molecule has 19 heavy (non-hydrogen) atoms. The number of hydrogen-bond donors (Lipinski definition) is 2. The maximum atomic E-state index is 13.0. The average molecular weight is 310 g/mol. The van der Waals surface area contributed by atoms with Crippen molar-refractivity contribution in [3.8, 4) is 0 Å². The van der Waals surface area contributed by atoms with Crippen molar-refractivity contribution in [2.75, 3.05) is 11.3 Å². The highest BCUT2D eigenvalue weighted by Gasteiger charge is 2.20. The van der Waals surface area contributed by atoms with Crippen LogP contribution in [-0.2, 0) is 20.4 Å². The van der Waals surface area contributed by atoms with Gasteiger partial charge in [-0.3, -0.25) is 4.72 Å². The molecule has 0 aliphatic rings. The van der Waals surface area contributed by atoms with Crippen LogP contribution in [0.2, 0.25) is 0 Å². The number of rotatable bonds is 6. The van der Waals surface area contributed by atoms with E-state index in [0.717, 1.165) is 6.07 Å². The third-order valence-corrected chi connectivity index (χ3v) is 3.99. The minimum atomic E-state index is -4.99. The maximum Gasteiger partial charge on any atom is 0.334 e. The average Bonchev–Trinajstić information content (AvgIpc) is 2.25. The number of para-hydroxylation sites is 1. The molecule has 0 heterocycles. The number of benzene rings is 1. The van der Waals surface area contributed by atoms with E-state index in [-0.39, 0.29) is 18.2 Å². The molecule has 9 heteroatoms. The largest absolute Gasteiger partial charge is 0.334 e. The highest BCUT2D eigenvalue weighted by Crippen LogP contribution is 2.23. The Morgan fingerprint density at radius 3 is 2.26 bits per heavy atom. The van der Waals surface area contributed by atoms with Crippen LogP contribution in [0, 0.1) is 5.92 Å². The zero-order valence-electron chi connectivity index (χ0n) is 10.4. The highest BCUT2D eigenvalue weighted by molar-refractivity contribution is 7.91. The Hall–Kier alpha value is -1.19. The van der Waals surface area contributed by atoms with Gasteiger partial charge in [0, 0.05) is 6.54 Å². The number of hydrogen-bond acceptors (Lipinski definition) is 4. The molecule has 1 aromatic carbocycles. The van der Waals surface area contributed by atoms with Crippen molar-refractivity contribution in [1.82, 2.24) is 4.72 Å². The second-order valence-corrected chi connectivity index (χ2v) is 7.10. The van der Waals surface area contributed by atoms with Crippen molar-refractivity contribution in [2.45, 2.75) is 18.7 Å². The molecule has 1 aromatic rings. The lowest BCUT2D eigenvalue weighted by Gasteiger charge is -2.12. The molecule has 0 spiro atoms. The molecule has 0 aromatic heterocycles. The lowest BCUT2D eigenvalue weighted by atomic mass is 10.2. The van der Waals surface area contributed by atoms with Gasteiger partial charge < -0.3 is 0 Å². The molecular formula is C10H15FN2O4S2. The van der Waals surface area contributed by atoms with Crippen LogP contribution in [0.1, 0.15) is 13.8 Å². The molecule has 0 atom stereocenters. The number of anilines is 1. The van der Waals surface area contributed by atoms with Gasteiger partial charge in [-0.05, 0) is 18.1 Å². The van der Waals surface area contributed by atoms with Crippen molar-refractivity contribution in [1.29, 1.82) is 0 Å². The van der Waals surface area contributed by atoms with Crippen LogP contribution in [0.25, 0.3) is 0 Å². The third-order valence-electron chi connectivity index (χ3n) is 2.08. The van der Waals surface area contributed by atoms with Gasteiger partial charge in [-0.2, -0.15) is 21.6 Å². The van der Waals surface area contributed by atoms with E-state index in [4.69, 9.17) is 0 Å². The van der Waals surface area contributed by atoms with E-state index in [2.05, 4.69) is 4.72 Å². The fourth-order valence-corrected chi connectivity index (χ4v) is 3.00. The summed E-state index contributed by atoms with van der Waals surface area (Å²) in [4.78, 5) is -0.718. The lowest BCUT2D eigenvalue weighted by Crippen LogP contribution is -2.33. The van der Waals surface area contributed by atoms with Crippen molar-refractivity contribution >= 4 is 26.1 Å². The summed E-state index contributed by atoms with van der Waals surface area (Å²) in [5, 5.41) is 0. The zero-order chi connectivity index (χ0) is 14.7. The Morgan fingerprint density at radius 1 is 1.16 bits per heavy atom. The SMILES string of the molecule is CC(C)CNS(=O)(=O)Nc1ccccc1S(=O)(=O)F. The molecule has 2 N–H and O–H groups in total. The second kappa shape index (κ2) is 5.85. The maximum absolute atomic E-state index is 13.0. The Morgan fingerprint density at radius 2 is 1.74 bits per heavy atom. The molecule has 1 rings (SSSR count). The first-order chi connectivity index (χ1) is 8.62. The summed E-state index contributed by atoms with van der Waals surface area (Å²) < 4.78 is 62.3. The molecule has 0 aliphatic heterocycles. The topological polar surface area (TPSA) is 92.3 Å². The quantitative estimate of drug-likeness (QED) is 0.773. The molecule has 0 aliphatic carbocycles. The van der Waals surface area contributed by atoms with Gasteiger partial charge in [0.1, 0.15) is 4.90 Å². The van der Waals surface area contributed by atoms with Gasteiger partial charge in [0.2, 0.25) is 0 Å². The van der Waals surface area contributed by atoms with Crippen molar-refractivity contribution < 1.29 is 20.7 Å². The predicted molar refractivity (Wildman–Crippen MR) is 70.1 cm³/mol. The molecule has 0 unspecified atom stereocenters. The van der Waals surface area contributed by atoms with E-state index in [9.17, 15) is 20.7 Å². The number of nitrogens with one attached hydrogen (secondary N) is 2. The predicted octanol–water partition coefficient (Wildman–Crippen LogP) is 1.25. The van der Waals surface area contributed by atoms with E-state index < -0.39 is 25.3 Å². The zero-order valence-corrected chi connectivity index (χ0v) is 12.1. The Balaban J connectivity index is 3.01. The van der Waals surface area contributed by atoms with Gasteiger partial charge in [0.15, 0.2) is 0 Å². The minimum absolute atomic E-state index is 0.0803. The standard InChI is InChI=1S/C10H15FN2O4S2/c1-8(2)7-12-19(16,17)13-9-5-3-4-6-10(9)18(11,14)15/h3-6,8,12-13H,7H2,1-2H3. The molecule has 0 radical (unpaired) electrons. The summed E-state index contributed by atoms with van der Waals surface area (Å²) in [5.74, 6) is 0.0803. The van der Waals surface area contributed by atoms with Gasteiger partial charge in [-0.1, -0.05) is 26.0 Å². The second-order valence-electron chi connectivity index (χ2n) is 4.28. The van der Waals surface area contributed by atoms with Crippen LogP contribution >= 0.6 is 0 Å². The molecule has 0 fully saturated rings. The van der Waals surface area contributed by atoms with Crippen LogP contribution in [0.4, 0.5) is 9.57 Å². The van der Waals surface area contributed by atoms with Gasteiger partial charge in [-0.15, -0.1) is 3.89 Å². The summed E-state index contributed by atoms with van der Waals surface area (Å²) in [7, 11) is -8.94. The summed E-state index contributed by atoms with van der Waals surface area (Å²) in [5.41, 5.74) is -0.332. The highest BCUT2D eigenvalue weighted by atomic mass is 32.3. The lowest BCUT2D eigenvalue weighted by molar-refractivity contribution is 0.552. The van der Waals surface area contributed by atoms with Crippen molar-refractivity contribution in [2.24, 2.45) is 5.92 Å². The first-order valence-electron chi connectivity index (χ1n) is 5.43. The summed E-state index contributed by atoms with van der Waals surface area (Å²) in [6, 6.07) is 4.84. The van der Waals surface area contributed by atoms with E-state index in [1.165, 1.54) is 18.2 Å². The van der Waals surface area contributed by atoms with Crippen molar-refractivity contribution in [3.63, 3.8) is 0 Å². The molecule has 0 bridgehead atoms. The van der Waals surface area contributed by atoms with Crippen LogP contribution < -0.4 is 9.44 Å². The first kappa shape index (κ1) is 15.9. The van der Waals surface area contributed by atoms with Crippen LogP contribution in [0.5, 0.6) is 0 Å². The number of halogens is 1.